The Balaban J connectivity index is 1.56. The van der Waals surface area contributed by atoms with E-state index in [1.54, 1.807) is 30.3 Å². The van der Waals surface area contributed by atoms with Crippen LogP contribution in [0.5, 0.6) is 11.5 Å². The Bertz CT molecular complexity index is 1170. The molecule has 31 heavy (non-hydrogen) atoms. The van der Waals surface area contributed by atoms with E-state index in [-0.39, 0.29) is 23.7 Å². The number of halogens is 2. The molecule has 0 saturated carbocycles. The Morgan fingerprint density at radius 2 is 1.87 bits per heavy atom. The molecule has 6 heteroatoms. The van der Waals surface area contributed by atoms with Crippen molar-refractivity contribution in [3.63, 3.8) is 0 Å². The minimum atomic E-state index is -0.428. The molecule has 0 unspecified atom stereocenters. The molecule has 0 fully saturated rings. The monoisotopic (exact) mass is 437 g/mol. The molecule has 1 aliphatic rings. The van der Waals surface area contributed by atoms with Crippen LogP contribution < -0.4 is 14.4 Å². The second-order valence-electron chi connectivity index (χ2n) is 7.53. The highest BCUT2D eigenvalue weighted by molar-refractivity contribution is 6.31. The summed E-state index contributed by atoms with van der Waals surface area (Å²) in [5.74, 6) is 0.552. The van der Waals surface area contributed by atoms with Crippen LogP contribution in [0.4, 0.5) is 10.1 Å². The maximum Gasteiger partial charge on any atom is 0.232 e. The van der Waals surface area contributed by atoms with Gasteiger partial charge in [-0.25, -0.2) is 4.39 Å². The predicted molar refractivity (Wildman–Crippen MR) is 121 cm³/mol. The maximum absolute atomic E-state index is 14.0. The highest BCUT2D eigenvalue weighted by Crippen LogP contribution is 2.38. The Hall–Kier alpha value is -3.31. The zero-order valence-electron chi connectivity index (χ0n) is 17.4. The number of carbonyl (C=O) groups excluding carboxylic acids is 1. The van der Waals surface area contributed by atoms with E-state index in [0.29, 0.717) is 22.1 Å². The largest absolute Gasteiger partial charge is 0.489 e. The molecule has 0 bridgehead atoms. The van der Waals surface area contributed by atoms with Crippen LogP contribution in [0.15, 0.2) is 60.4 Å². The van der Waals surface area contributed by atoms with E-state index in [0.717, 1.165) is 16.8 Å². The van der Waals surface area contributed by atoms with Gasteiger partial charge in [-0.05, 0) is 54.5 Å². The molecule has 1 heterocycles. The number of anilines is 1. The van der Waals surface area contributed by atoms with Crippen LogP contribution in [0, 0.1) is 12.7 Å². The molecule has 0 spiro atoms. The Labute approximate surface area is 185 Å². The summed E-state index contributed by atoms with van der Waals surface area (Å²) in [7, 11) is 3.94. The zero-order valence-corrected chi connectivity index (χ0v) is 18.2. The molecule has 4 nitrogen and oxygen atoms in total. The summed E-state index contributed by atoms with van der Waals surface area (Å²) in [6, 6.07) is 15.7. The van der Waals surface area contributed by atoms with Gasteiger partial charge in [0.2, 0.25) is 5.78 Å². The summed E-state index contributed by atoms with van der Waals surface area (Å²) in [5.41, 5.74) is 3.44. The van der Waals surface area contributed by atoms with E-state index in [9.17, 15) is 9.18 Å². The first-order valence-electron chi connectivity index (χ1n) is 9.75. The molecule has 0 radical (unpaired) electrons. The lowest BCUT2D eigenvalue weighted by Gasteiger charge is -2.11. The Morgan fingerprint density at radius 1 is 1.13 bits per heavy atom. The van der Waals surface area contributed by atoms with Crippen LogP contribution in [0.1, 0.15) is 27.0 Å². The van der Waals surface area contributed by atoms with Crippen LogP contribution in [-0.2, 0) is 6.61 Å². The molecule has 158 valence electrons. The van der Waals surface area contributed by atoms with Crippen molar-refractivity contribution in [2.45, 2.75) is 13.5 Å². The van der Waals surface area contributed by atoms with E-state index in [4.69, 9.17) is 21.1 Å². The van der Waals surface area contributed by atoms with Gasteiger partial charge in [0.05, 0.1) is 10.6 Å². The van der Waals surface area contributed by atoms with Crippen molar-refractivity contribution >= 4 is 29.1 Å². The molecule has 0 aliphatic carbocycles. The number of rotatable bonds is 5. The van der Waals surface area contributed by atoms with Crippen molar-refractivity contribution < 1.29 is 18.7 Å². The fourth-order valence-electron chi connectivity index (χ4n) is 3.41. The first-order chi connectivity index (χ1) is 14.8. The van der Waals surface area contributed by atoms with E-state index in [1.807, 2.05) is 50.2 Å². The molecule has 0 amide bonds. The van der Waals surface area contributed by atoms with Gasteiger partial charge >= 0.3 is 0 Å². The lowest BCUT2D eigenvalue weighted by atomic mass is 10.0. The van der Waals surface area contributed by atoms with Crippen molar-refractivity contribution in [1.82, 2.24) is 0 Å². The number of nitrogens with zero attached hydrogens (tertiary/aromatic N) is 1. The lowest BCUT2D eigenvalue weighted by Crippen LogP contribution is -2.08. The molecule has 0 atom stereocenters. The van der Waals surface area contributed by atoms with Crippen LogP contribution in [0.2, 0.25) is 5.02 Å². The molecule has 0 saturated heterocycles. The van der Waals surface area contributed by atoms with Gasteiger partial charge in [0.25, 0.3) is 0 Å². The quantitative estimate of drug-likeness (QED) is 0.455. The average Bonchev–Trinajstić information content (AvgIpc) is 3.03. The highest BCUT2D eigenvalue weighted by Gasteiger charge is 2.30. The lowest BCUT2D eigenvalue weighted by molar-refractivity contribution is 0.101. The van der Waals surface area contributed by atoms with E-state index >= 15 is 0 Å². The Morgan fingerprint density at radius 3 is 2.55 bits per heavy atom. The fourth-order valence-corrected chi connectivity index (χ4v) is 3.62. The van der Waals surface area contributed by atoms with Crippen LogP contribution in [0.25, 0.3) is 6.08 Å². The van der Waals surface area contributed by atoms with Gasteiger partial charge in [0, 0.05) is 31.4 Å². The smallest absolute Gasteiger partial charge is 0.232 e. The van der Waals surface area contributed by atoms with E-state index in [2.05, 4.69) is 0 Å². The molecular weight excluding hydrogens is 417 g/mol. The molecule has 3 aromatic rings. The standard InChI is InChI=1S/C25H21ClFNO3/c1-15-11-18(30-14-19-20(26)5-4-6-21(19)27)13-22-24(15)25(29)23(31-22)12-16-7-9-17(10-8-16)28(2)3/h4-13H,14H2,1-3H3/b23-12-. The second kappa shape index (κ2) is 8.44. The van der Waals surface area contributed by atoms with Crippen LogP contribution >= 0.6 is 11.6 Å². The number of carbonyl (C=O) groups is 1. The maximum atomic E-state index is 14.0. The van der Waals surface area contributed by atoms with Crippen molar-refractivity contribution in [3.8, 4) is 11.5 Å². The number of hydrogen-bond donors (Lipinski definition) is 0. The number of fused-ring (bicyclic) bond motifs is 1. The first kappa shape index (κ1) is 20.9. The number of ether oxygens (including phenoxy) is 2. The molecule has 0 aromatic heterocycles. The van der Waals surface area contributed by atoms with Gasteiger partial charge < -0.3 is 14.4 Å². The fraction of sp³-hybridized carbons (Fsp3) is 0.160. The molecule has 0 N–H and O–H groups in total. The summed E-state index contributed by atoms with van der Waals surface area (Å²) >= 11 is 6.06. The highest BCUT2D eigenvalue weighted by atomic mass is 35.5. The topological polar surface area (TPSA) is 38.8 Å². The minimum Gasteiger partial charge on any atom is -0.489 e. The number of aryl methyl sites for hydroxylation is 1. The first-order valence-corrected chi connectivity index (χ1v) is 10.1. The third-order valence-corrected chi connectivity index (χ3v) is 5.45. The summed E-state index contributed by atoms with van der Waals surface area (Å²) in [5, 5.41) is 0.301. The minimum absolute atomic E-state index is 0.0292. The van der Waals surface area contributed by atoms with Gasteiger partial charge in [-0.2, -0.15) is 0 Å². The normalized spacial score (nSPS) is 13.8. The van der Waals surface area contributed by atoms with Crippen molar-refractivity contribution in [2.75, 3.05) is 19.0 Å². The third-order valence-electron chi connectivity index (χ3n) is 5.10. The van der Waals surface area contributed by atoms with E-state index < -0.39 is 5.82 Å². The Kier molecular flexibility index (Phi) is 5.70. The van der Waals surface area contributed by atoms with Crippen LogP contribution in [0.3, 0.4) is 0 Å². The number of allylic oxidation sites excluding steroid dienone is 1. The molecule has 3 aromatic carbocycles. The number of benzene rings is 3. The molecule has 4 rings (SSSR count). The molecule has 1 aliphatic heterocycles. The zero-order chi connectivity index (χ0) is 22.1. The number of Topliss-reactive ketones (excluding diaryl/α,β-unsaturated/α-hetero) is 1. The van der Waals surface area contributed by atoms with Gasteiger partial charge in [-0.15, -0.1) is 0 Å². The van der Waals surface area contributed by atoms with Gasteiger partial charge in [-0.1, -0.05) is 29.8 Å². The summed E-state index contributed by atoms with van der Waals surface area (Å²) in [6.07, 6.45) is 1.72. The summed E-state index contributed by atoms with van der Waals surface area (Å²) < 4.78 is 25.6. The van der Waals surface area contributed by atoms with Crippen molar-refractivity contribution in [1.29, 1.82) is 0 Å². The van der Waals surface area contributed by atoms with Crippen molar-refractivity contribution in [2.24, 2.45) is 0 Å². The third kappa shape index (κ3) is 4.28. The van der Waals surface area contributed by atoms with Gasteiger partial charge in [0.15, 0.2) is 5.76 Å². The van der Waals surface area contributed by atoms with Crippen LogP contribution in [-0.4, -0.2) is 19.9 Å². The van der Waals surface area contributed by atoms with E-state index in [1.165, 1.54) is 6.07 Å². The SMILES string of the molecule is Cc1cc(OCc2c(F)cccc2Cl)cc2c1C(=O)/C(=C/c1ccc(N(C)C)cc1)O2. The van der Waals surface area contributed by atoms with Gasteiger partial charge in [0.1, 0.15) is 23.9 Å². The number of ketones is 1. The van der Waals surface area contributed by atoms with Crippen molar-refractivity contribution in [3.05, 3.63) is 93.5 Å². The summed E-state index contributed by atoms with van der Waals surface area (Å²) in [4.78, 5) is 14.9. The molecular formula is C25H21ClFNO3. The van der Waals surface area contributed by atoms with Gasteiger partial charge in [-0.3, -0.25) is 4.79 Å². The second-order valence-corrected chi connectivity index (χ2v) is 7.94. The predicted octanol–water partition coefficient (Wildman–Crippen LogP) is 6.05. The number of hydrogen-bond acceptors (Lipinski definition) is 4. The average molecular weight is 438 g/mol. The summed E-state index contributed by atoms with van der Waals surface area (Å²) in [6.45, 7) is 1.79.